The Labute approximate surface area is 88.4 Å². The van der Waals surface area contributed by atoms with Crippen LogP contribution in [0.1, 0.15) is 34.6 Å². The second-order valence-electron chi connectivity index (χ2n) is 4.05. The Morgan fingerprint density at radius 2 is 1.71 bits per heavy atom. The largest absolute Gasteiger partial charge is 0.0877 e. The third-order valence-corrected chi connectivity index (χ3v) is 1.60. The molecule has 0 bridgehead atoms. The van der Waals surface area contributed by atoms with Gasteiger partial charge in [0.05, 0.1) is 0 Å². The van der Waals surface area contributed by atoms with Crippen LogP contribution in [0.3, 0.4) is 0 Å². The van der Waals surface area contributed by atoms with Gasteiger partial charge in [-0.15, -0.1) is 0 Å². The van der Waals surface area contributed by atoms with E-state index in [0.29, 0.717) is 5.92 Å². The molecule has 0 radical (unpaired) electrons. The highest BCUT2D eigenvalue weighted by atomic mass is 14.0. The van der Waals surface area contributed by atoms with Gasteiger partial charge < -0.3 is 0 Å². The summed E-state index contributed by atoms with van der Waals surface area (Å²) in [6.45, 7) is 14.1. The molecular weight excluding hydrogens is 168 g/mol. The lowest BCUT2D eigenvalue weighted by Crippen LogP contribution is -1.82. The third kappa shape index (κ3) is 6.31. The highest BCUT2D eigenvalue weighted by Gasteiger charge is 1.90. The molecule has 0 aromatic carbocycles. The zero-order valence-electron chi connectivity index (χ0n) is 9.94. The van der Waals surface area contributed by atoms with Crippen molar-refractivity contribution in [3.8, 4) is 11.8 Å². The Hall–Kier alpha value is -1.22. The van der Waals surface area contributed by atoms with E-state index in [1.54, 1.807) is 0 Å². The van der Waals surface area contributed by atoms with Crippen molar-refractivity contribution < 1.29 is 0 Å². The Morgan fingerprint density at radius 3 is 2.07 bits per heavy atom. The molecule has 0 aliphatic carbocycles. The van der Waals surface area contributed by atoms with E-state index >= 15 is 0 Å². The minimum atomic E-state index is 0.566. The summed E-state index contributed by atoms with van der Waals surface area (Å²) in [4.78, 5) is 0. The molecule has 0 heteroatoms. The first kappa shape index (κ1) is 12.8. The van der Waals surface area contributed by atoms with Crippen molar-refractivity contribution in [3.63, 3.8) is 0 Å². The van der Waals surface area contributed by atoms with Gasteiger partial charge in [-0.3, -0.25) is 0 Å². The summed E-state index contributed by atoms with van der Waals surface area (Å²) in [7, 11) is 0. The molecule has 0 saturated heterocycles. The maximum atomic E-state index is 3.76. The van der Waals surface area contributed by atoms with E-state index in [-0.39, 0.29) is 0 Å². The summed E-state index contributed by atoms with van der Waals surface area (Å²) in [5.74, 6) is 6.68. The molecule has 0 rings (SSSR count). The fraction of sp³-hybridized carbons (Fsp3) is 0.429. The van der Waals surface area contributed by atoms with Gasteiger partial charge in [0.25, 0.3) is 0 Å². The van der Waals surface area contributed by atoms with Crippen molar-refractivity contribution in [1.82, 2.24) is 0 Å². The molecule has 76 valence electrons. The highest BCUT2D eigenvalue weighted by Crippen LogP contribution is 2.06. The molecule has 0 aliphatic rings. The Kier molecular flexibility index (Phi) is 5.72. The summed E-state index contributed by atoms with van der Waals surface area (Å²) in [5, 5.41) is 0. The monoisotopic (exact) mass is 188 g/mol. The fourth-order valence-corrected chi connectivity index (χ4v) is 0.796. The summed E-state index contributed by atoms with van der Waals surface area (Å²) in [5.41, 5.74) is 3.25. The van der Waals surface area contributed by atoms with E-state index in [9.17, 15) is 0 Å². The average Bonchev–Trinajstić information content (AvgIpc) is 2.02. The maximum absolute atomic E-state index is 3.76. The van der Waals surface area contributed by atoms with Gasteiger partial charge in [0.2, 0.25) is 0 Å². The first-order valence-electron chi connectivity index (χ1n) is 4.96. The molecule has 0 saturated carbocycles. The second kappa shape index (κ2) is 6.27. The van der Waals surface area contributed by atoms with Crippen LogP contribution in [0.25, 0.3) is 0 Å². The standard InChI is InChI=1S/C14H20/c1-11(2)7-9-14(13(5)6)10-8-12(3)4/h8,10,12H,1H2,2-6H3/b10-8+. The van der Waals surface area contributed by atoms with Crippen LogP contribution in [0.15, 0.2) is 35.5 Å². The molecule has 0 spiro atoms. The quantitative estimate of drug-likeness (QED) is 0.452. The predicted molar refractivity (Wildman–Crippen MR) is 64.9 cm³/mol. The SMILES string of the molecule is C=C(C)C#CC(/C=C/C(C)C)=C(C)C. The zero-order chi connectivity index (χ0) is 11.1. The molecule has 0 aliphatic heterocycles. The van der Waals surface area contributed by atoms with E-state index in [2.05, 4.69) is 58.3 Å². The van der Waals surface area contributed by atoms with Crippen LogP contribution in [-0.2, 0) is 0 Å². The van der Waals surface area contributed by atoms with Crippen LogP contribution in [0.4, 0.5) is 0 Å². The molecule has 0 fully saturated rings. The Morgan fingerprint density at radius 1 is 1.14 bits per heavy atom. The van der Waals surface area contributed by atoms with Crippen molar-refractivity contribution >= 4 is 0 Å². The zero-order valence-corrected chi connectivity index (χ0v) is 9.94. The third-order valence-electron chi connectivity index (χ3n) is 1.60. The number of allylic oxidation sites excluding steroid dienone is 5. The predicted octanol–water partition coefficient (Wildman–Crippen LogP) is 4.11. The van der Waals surface area contributed by atoms with Crippen LogP contribution in [0, 0.1) is 17.8 Å². The summed E-state index contributed by atoms with van der Waals surface area (Å²) in [6, 6.07) is 0. The molecule has 0 unspecified atom stereocenters. The first-order chi connectivity index (χ1) is 6.43. The number of rotatable bonds is 2. The first-order valence-corrected chi connectivity index (χ1v) is 4.96. The van der Waals surface area contributed by atoms with E-state index in [4.69, 9.17) is 0 Å². The molecule has 0 aromatic heterocycles. The number of hydrogen-bond acceptors (Lipinski definition) is 0. The van der Waals surface area contributed by atoms with Crippen LogP contribution < -0.4 is 0 Å². The van der Waals surface area contributed by atoms with Crippen LogP contribution in [-0.4, -0.2) is 0 Å². The minimum absolute atomic E-state index is 0.566. The topological polar surface area (TPSA) is 0 Å². The summed E-state index contributed by atoms with van der Waals surface area (Å²) in [6.07, 6.45) is 4.26. The highest BCUT2D eigenvalue weighted by molar-refractivity contribution is 5.44. The fourth-order valence-electron chi connectivity index (χ4n) is 0.796. The van der Waals surface area contributed by atoms with Crippen molar-refractivity contribution in [3.05, 3.63) is 35.5 Å². The Bertz CT molecular complexity index is 310. The summed E-state index contributed by atoms with van der Waals surface area (Å²) < 4.78 is 0. The Balaban J connectivity index is 4.78. The van der Waals surface area contributed by atoms with Crippen molar-refractivity contribution in [1.29, 1.82) is 0 Å². The maximum Gasteiger partial charge on any atom is 0.0232 e. The molecule has 0 aromatic rings. The number of hydrogen-bond donors (Lipinski definition) is 0. The lowest BCUT2D eigenvalue weighted by molar-refractivity contribution is 0.831. The van der Waals surface area contributed by atoms with Crippen LogP contribution in [0.2, 0.25) is 0 Å². The van der Waals surface area contributed by atoms with Gasteiger partial charge >= 0.3 is 0 Å². The van der Waals surface area contributed by atoms with Gasteiger partial charge in [-0.05, 0) is 32.3 Å². The van der Waals surface area contributed by atoms with Crippen molar-refractivity contribution in [2.45, 2.75) is 34.6 Å². The van der Waals surface area contributed by atoms with Crippen molar-refractivity contribution in [2.75, 3.05) is 0 Å². The molecular formula is C14H20. The molecule has 0 nitrogen and oxygen atoms in total. The minimum Gasteiger partial charge on any atom is -0.0877 e. The van der Waals surface area contributed by atoms with E-state index < -0.39 is 0 Å². The van der Waals surface area contributed by atoms with Gasteiger partial charge in [-0.1, -0.05) is 50.0 Å². The molecule has 0 amide bonds. The van der Waals surface area contributed by atoms with E-state index in [1.807, 2.05) is 6.92 Å². The molecule has 0 atom stereocenters. The normalized spacial score (nSPS) is 9.86. The van der Waals surface area contributed by atoms with Crippen molar-refractivity contribution in [2.24, 2.45) is 5.92 Å². The smallest absolute Gasteiger partial charge is 0.0232 e. The lowest BCUT2D eigenvalue weighted by Gasteiger charge is -1.97. The second-order valence-corrected chi connectivity index (χ2v) is 4.05. The van der Waals surface area contributed by atoms with Crippen LogP contribution >= 0.6 is 0 Å². The molecule has 14 heavy (non-hydrogen) atoms. The van der Waals surface area contributed by atoms with E-state index in [1.165, 1.54) is 5.57 Å². The average molecular weight is 188 g/mol. The van der Waals surface area contributed by atoms with Gasteiger partial charge in [0.1, 0.15) is 0 Å². The van der Waals surface area contributed by atoms with Crippen LogP contribution in [0.5, 0.6) is 0 Å². The molecule has 0 heterocycles. The van der Waals surface area contributed by atoms with E-state index in [0.717, 1.165) is 11.1 Å². The summed E-state index contributed by atoms with van der Waals surface area (Å²) >= 11 is 0. The van der Waals surface area contributed by atoms with Gasteiger partial charge in [-0.2, -0.15) is 0 Å². The van der Waals surface area contributed by atoms with Gasteiger partial charge in [0.15, 0.2) is 0 Å². The van der Waals surface area contributed by atoms with Gasteiger partial charge in [-0.25, -0.2) is 0 Å². The lowest BCUT2D eigenvalue weighted by atomic mass is 10.1. The molecule has 0 N–H and O–H groups in total. The van der Waals surface area contributed by atoms with Gasteiger partial charge in [0, 0.05) is 5.57 Å².